The van der Waals surface area contributed by atoms with Crippen LogP contribution in [-0.4, -0.2) is 54.9 Å². The third-order valence-electron chi connectivity index (χ3n) is 6.49. The van der Waals surface area contributed by atoms with E-state index in [-0.39, 0.29) is 45.1 Å². The molecule has 0 saturated heterocycles. The van der Waals surface area contributed by atoms with Crippen LogP contribution in [0.4, 0.5) is 28.2 Å². The Morgan fingerprint density at radius 2 is 1.81 bits per heavy atom. The minimum Gasteiger partial charge on any atom is -0.477 e. The Balaban J connectivity index is 2.03. The molecule has 16 heteroatoms. The van der Waals surface area contributed by atoms with Crippen LogP contribution < -0.4 is 16.1 Å². The van der Waals surface area contributed by atoms with Crippen molar-refractivity contribution in [2.45, 2.75) is 39.9 Å². The summed E-state index contributed by atoms with van der Waals surface area (Å²) in [4.78, 5) is 49.0. The second-order valence-electron chi connectivity index (χ2n) is 10.5. The molecule has 4 aromatic heterocycles. The highest BCUT2D eigenvalue weighted by atomic mass is 32.1. The van der Waals surface area contributed by atoms with E-state index in [4.69, 9.17) is 0 Å². The summed E-state index contributed by atoms with van der Waals surface area (Å²) in [6, 6.07) is 0.761. The molecule has 0 aliphatic carbocycles. The second-order valence-corrected chi connectivity index (χ2v) is 11.3. The number of urea groups is 1. The maximum Gasteiger partial charge on any atom is 0.434 e. The average Bonchev–Trinajstić information content (AvgIpc) is 3.41. The number of carboxylic acids is 1. The van der Waals surface area contributed by atoms with Crippen molar-refractivity contribution >= 4 is 40.2 Å². The molecule has 11 nitrogen and oxygen atoms in total. The molecule has 1 atom stereocenters. The van der Waals surface area contributed by atoms with E-state index in [1.165, 1.54) is 10.6 Å². The molecule has 0 bridgehead atoms. The first kappa shape index (κ1) is 31.5. The lowest BCUT2D eigenvalue weighted by Crippen LogP contribution is -2.31. The summed E-state index contributed by atoms with van der Waals surface area (Å²) in [6.45, 7) is 6.70. The number of anilines is 1. The van der Waals surface area contributed by atoms with E-state index in [0.717, 1.165) is 23.8 Å². The predicted molar refractivity (Wildman–Crippen MR) is 151 cm³/mol. The van der Waals surface area contributed by atoms with Crippen LogP contribution in [-0.2, 0) is 6.18 Å². The molecule has 0 aliphatic heterocycles. The maximum absolute atomic E-state index is 15.8. The van der Waals surface area contributed by atoms with E-state index in [0.29, 0.717) is 11.3 Å². The highest BCUT2D eigenvalue weighted by Crippen LogP contribution is 2.40. The summed E-state index contributed by atoms with van der Waals surface area (Å²) in [5.41, 5.74) is -4.36. The normalized spacial score (nSPS) is 12.8. The van der Waals surface area contributed by atoms with Crippen LogP contribution in [0, 0.1) is 11.4 Å². The Kier molecular flexibility index (Phi) is 8.56. The number of aromatic carboxylic acids is 1. The van der Waals surface area contributed by atoms with Crippen LogP contribution in [0.25, 0.3) is 32.7 Å². The fourth-order valence-corrected chi connectivity index (χ4v) is 5.23. The van der Waals surface area contributed by atoms with Crippen LogP contribution in [0.15, 0.2) is 34.7 Å². The predicted octanol–water partition coefficient (Wildman–Crippen LogP) is 5.16. The first-order valence-electron chi connectivity index (χ1n) is 12.7. The van der Waals surface area contributed by atoms with Crippen molar-refractivity contribution in [3.63, 3.8) is 0 Å². The number of hydrogen-bond acceptors (Lipinski definition) is 8. The maximum atomic E-state index is 15.8. The highest BCUT2D eigenvalue weighted by molar-refractivity contribution is 7.13. The fourth-order valence-electron chi connectivity index (χ4n) is 4.37. The number of aliphatic hydroxyl groups is 1. The van der Waals surface area contributed by atoms with E-state index in [9.17, 15) is 37.8 Å². The van der Waals surface area contributed by atoms with E-state index < -0.39 is 58.9 Å². The number of nitrogens with zero attached hydrogens (tertiary/aromatic N) is 4. The molecule has 4 N–H and O–H groups in total. The van der Waals surface area contributed by atoms with Crippen molar-refractivity contribution < 1.29 is 37.4 Å². The molecule has 43 heavy (non-hydrogen) atoms. The average molecular weight is 623 g/mol. The summed E-state index contributed by atoms with van der Waals surface area (Å²) in [6.07, 6.45) is -2.70. The Bertz CT molecular complexity index is 1780. The molecule has 0 aliphatic rings. The number of pyridine rings is 3. The standard InChI is InChI=1S/C27H26F4N6O5S/c1-5-32-25(42)35-19-7-13(23-34-17(11-43-23)27(29,30)31)15(8-33-19)12-6-14-20(39)16(24(40)41)9-37(22(14)36-21(12)28)18(10-38)26(2,3)4/h6-9,11,18,38H,5,10H2,1-4H3,(H,40,41)(H2,32,33,35,42). The quantitative estimate of drug-likeness (QED) is 0.163. The number of rotatable bonds is 7. The number of carboxylic acid groups (broad SMARTS) is 1. The zero-order valence-corrected chi connectivity index (χ0v) is 24.0. The van der Waals surface area contributed by atoms with Crippen molar-refractivity contribution in [1.29, 1.82) is 0 Å². The molecule has 0 aromatic carbocycles. The fraction of sp³-hybridized carbons (Fsp3) is 0.333. The summed E-state index contributed by atoms with van der Waals surface area (Å²) in [5, 5.41) is 25.0. The van der Waals surface area contributed by atoms with E-state index in [2.05, 4.69) is 25.6 Å². The Hall–Kier alpha value is -4.44. The zero-order chi connectivity index (χ0) is 31.9. The number of carbonyl (C=O) groups is 2. The van der Waals surface area contributed by atoms with Gasteiger partial charge >= 0.3 is 18.2 Å². The minimum absolute atomic E-state index is 0.0695. The number of alkyl halides is 3. The number of aliphatic hydroxyl groups excluding tert-OH is 1. The molecule has 0 spiro atoms. The molecule has 4 aromatic rings. The Labute approximate surface area is 245 Å². The van der Waals surface area contributed by atoms with Crippen LogP contribution in [0.1, 0.15) is 49.8 Å². The van der Waals surface area contributed by atoms with Crippen LogP contribution >= 0.6 is 11.3 Å². The van der Waals surface area contributed by atoms with E-state index in [1.54, 1.807) is 27.7 Å². The molecule has 4 heterocycles. The van der Waals surface area contributed by atoms with Gasteiger partial charge in [0.15, 0.2) is 5.69 Å². The van der Waals surface area contributed by atoms with E-state index >= 15 is 4.39 Å². The van der Waals surface area contributed by atoms with Crippen molar-refractivity contribution in [1.82, 2.24) is 24.8 Å². The first-order chi connectivity index (χ1) is 20.1. The number of halogens is 4. The summed E-state index contributed by atoms with van der Waals surface area (Å²) in [7, 11) is 0. The minimum atomic E-state index is -4.77. The SMILES string of the molecule is CCNC(=O)Nc1cc(-c2nc(C(F)(F)F)cs2)c(-c2cc3c(=O)c(C(=O)O)cn(C(CO)C(C)(C)C)c3nc2F)cn1. The number of thiazole rings is 1. The molecule has 2 amide bonds. The van der Waals surface area contributed by atoms with Crippen LogP contribution in [0.3, 0.4) is 0 Å². The Morgan fingerprint density at radius 1 is 1.12 bits per heavy atom. The molecular formula is C27H26F4N6O5S. The first-order valence-corrected chi connectivity index (χ1v) is 13.6. The van der Waals surface area contributed by atoms with Gasteiger partial charge in [-0.2, -0.15) is 17.6 Å². The second kappa shape index (κ2) is 11.7. The van der Waals surface area contributed by atoms with Gasteiger partial charge in [0, 0.05) is 41.0 Å². The number of nitrogens with one attached hydrogen (secondary N) is 2. The van der Waals surface area contributed by atoms with Gasteiger partial charge in [0.1, 0.15) is 22.0 Å². The van der Waals surface area contributed by atoms with Crippen molar-refractivity contribution in [3.05, 3.63) is 57.3 Å². The number of aromatic nitrogens is 4. The van der Waals surface area contributed by atoms with Gasteiger partial charge in [-0.3, -0.25) is 10.1 Å². The third kappa shape index (κ3) is 6.34. The van der Waals surface area contributed by atoms with Gasteiger partial charge in [-0.05, 0) is 24.5 Å². The molecule has 0 fully saturated rings. The molecule has 1 unspecified atom stereocenters. The zero-order valence-electron chi connectivity index (χ0n) is 23.2. The molecule has 0 radical (unpaired) electrons. The molecule has 228 valence electrons. The number of carbonyl (C=O) groups excluding carboxylic acids is 1. The van der Waals surface area contributed by atoms with Gasteiger partial charge in [-0.25, -0.2) is 24.5 Å². The van der Waals surface area contributed by atoms with Crippen LogP contribution in [0.2, 0.25) is 0 Å². The lowest BCUT2D eigenvalue weighted by atomic mass is 9.86. The molecule has 0 saturated carbocycles. The monoisotopic (exact) mass is 622 g/mol. The van der Waals surface area contributed by atoms with Gasteiger partial charge in [-0.15, -0.1) is 11.3 Å². The van der Waals surface area contributed by atoms with E-state index in [1.807, 2.05) is 0 Å². The van der Waals surface area contributed by atoms with Crippen molar-refractivity contribution in [2.24, 2.45) is 5.41 Å². The lowest BCUT2D eigenvalue weighted by molar-refractivity contribution is -0.140. The van der Waals surface area contributed by atoms with Crippen molar-refractivity contribution in [2.75, 3.05) is 18.5 Å². The smallest absolute Gasteiger partial charge is 0.434 e. The van der Waals surface area contributed by atoms with Gasteiger partial charge in [0.2, 0.25) is 11.4 Å². The van der Waals surface area contributed by atoms with Gasteiger partial charge in [0.25, 0.3) is 0 Å². The molecule has 4 rings (SSSR count). The third-order valence-corrected chi connectivity index (χ3v) is 7.37. The Morgan fingerprint density at radius 3 is 2.37 bits per heavy atom. The lowest BCUT2D eigenvalue weighted by Gasteiger charge is -2.32. The topological polar surface area (TPSA) is 159 Å². The summed E-state index contributed by atoms with van der Waals surface area (Å²) < 4.78 is 57.2. The highest BCUT2D eigenvalue weighted by Gasteiger charge is 2.34. The number of amides is 2. The van der Waals surface area contributed by atoms with Crippen LogP contribution in [0.5, 0.6) is 0 Å². The molecular weight excluding hydrogens is 596 g/mol. The van der Waals surface area contributed by atoms with Crippen molar-refractivity contribution in [3.8, 4) is 21.7 Å². The number of fused-ring (bicyclic) bond motifs is 1. The van der Waals surface area contributed by atoms with Gasteiger partial charge in [0.05, 0.1) is 18.0 Å². The number of hydrogen-bond donors (Lipinski definition) is 4. The summed E-state index contributed by atoms with van der Waals surface area (Å²) in [5.74, 6) is -2.81. The largest absolute Gasteiger partial charge is 0.477 e. The summed E-state index contributed by atoms with van der Waals surface area (Å²) >= 11 is 0.606. The van der Waals surface area contributed by atoms with Gasteiger partial charge < -0.3 is 20.1 Å². The van der Waals surface area contributed by atoms with Gasteiger partial charge in [-0.1, -0.05) is 20.8 Å².